The SMILES string of the molecule is O=C(C1CCOc2ccccc21)N1CCC(CCCl)C1. The minimum Gasteiger partial charge on any atom is -0.493 e. The van der Waals surface area contributed by atoms with Gasteiger partial charge in [0.15, 0.2) is 0 Å². The first-order chi connectivity index (χ1) is 9.79. The number of carbonyl (C=O) groups is 1. The molecule has 0 spiro atoms. The normalized spacial score (nSPS) is 25.1. The largest absolute Gasteiger partial charge is 0.493 e. The summed E-state index contributed by atoms with van der Waals surface area (Å²) < 4.78 is 5.64. The van der Waals surface area contributed by atoms with Crippen LogP contribution in [0.2, 0.25) is 0 Å². The molecule has 0 aromatic heterocycles. The van der Waals surface area contributed by atoms with E-state index in [1.54, 1.807) is 0 Å². The second-order valence-corrected chi connectivity index (χ2v) is 6.02. The zero-order valence-corrected chi connectivity index (χ0v) is 12.3. The molecule has 0 radical (unpaired) electrons. The van der Waals surface area contributed by atoms with E-state index < -0.39 is 0 Å². The zero-order valence-electron chi connectivity index (χ0n) is 11.6. The van der Waals surface area contributed by atoms with Gasteiger partial charge in [0, 0.05) is 24.5 Å². The summed E-state index contributed by atoms with van der Waals surface area (Å²) in [6.45, 7) is 2.37. The van der Waals surface area contributed by atoms with Crippen LogP contribution in [0.3, 0.4) is 0 Å². The van der Waals surface area contributed by atoms with Crippen molar-refractivity contribution in [3.8, 4) is 5.75 Å². The molecule has 1 fully saturated rings. The molecule has 0 aliphatic carbocycles. The summed E-state index contributed by atoms with van der Waals surface area (Å²) >= 11 is 5.80. The number of amides is 1. The molecule has 2 aliphatic rings. The average Bonchev–Trinajstić information content (AvgIpc) is 2.95. The van der Waals surface area contributed by atoms with Gasteiger partial charge in [-0.2, -0.15) is 0 Å². The first-order valence-corrected chi connectivity index (χ1v) is 7.89. The molecule has 2 atom stereocenters. The third-order valence-electron chi connectivity index (χ3n) is 4.37. The molecule has 1 aromatic rings. The fraction of sp³-hybridized carbons (Fsp3) is 0.562. The van der Waals surface area contributed by atoms with Crippen LogP contribution in [0.15, 0.2) is 24.3 Å². The Morgan fingerprint density at radius 1 is 1.35 bits per heavy atom. The van der Waals surface area contributed by atoms with Crippen LogP contribution in [0.25, 0.3) is 0 Å². The molecule has 20 heavy (non-hydrogen) atoms. The Labute approximate surface area is 124 Å². The van der Waals surface area contributed by atoms with Crippen LogP contribution in [0.1, 0.15) is 30.7 Å². The van der Waals surface area contributed by atoms with E-state index in [0.717, 1.165) is 43.7 Å². The molecular weight excluding hydrogens is 274 g/mol. The minimum absolute atomic E-state index is 0.0327. The lowest BCUT2D eigenvalue weighted by Gasteiger charge is -2.28. The summed E-state index contributed by atoms with van der Waals surface area (Å²) in [6.07, 6.45) is 2.88. The van der Waals surface area contributed by atoms with Gasteiger partial charge in [-0.15, -0.1) is 11.6 Å². The van der Waals surface area contributed by atoms with Gasteiger partial charge >= 0.3 is 0 Å². The zero-order chi connectivity index (χ0) is 13.9. The van der Waals surface area contributed by atoms with Crippen molar-refractivity contribution in [3.63, 3.8) is 0 Å². The number of hydrogen-bond donors (Lipinski definition) is 0. The monoisotopic (exact) mass is 293 g/mol. The van der Waals surface area contributed by atoms with Gasteiger partial charge in [-0.25, -0.2) is 0 Å². The molecule has 4 heteroatoms. The van der Waals surface area contributed by atoms with Crippen molar-refractivity contribution < 1.29 is 9.53 Å². The number of benzene rings is 1. The third kappa shape index (κ3) is 2.64. The molecule has 108 valence electrons. The number of hydrogen-bond acceptors (Lipinski definition) is 2. The number of fused-ring (bicyclic) bond motifs is 1. The first kappa shape index (κ1) is 13.7. The summed E-state index contributed by atoms with van der Waals surface area (Å²) in [6, 6.07) is 7.91. The Morgan fingerprint density at radius 3 is 3.05 bits per heavy atom. The van der Waals surface area contributed by atoms with E-state index in [1.165, 1.54) is 0 Å². The first-order valence-electron chi connectivity index (χ1n) is 7.36. The van der Waals surface area contributed by atoms with Gasteiger partial charge in [-0.1, -0.05) is 18.2 Å². The maximum atomic E-state index is 12.8. The molecule has 0 N–H and O–H groups in total. The van der Waals surface area contributed by atoms with E-state index in [-0.39, 0.29) is 11.8 Å². The van der Waals surface area contributed by atoms with Crippen LogP contribution in [0.5, 0.6) is 5.75 Å². The van der Waals surface area contributed by atoms with Crippen molar-refractivity contribution in [2.45, 2.75) is 25.2 Å². The van der Waals surface area contributed by atoms with Crippen LogP contribution in [0.4, 0.5) is 0 Å². The second kappa shape index (κ2) is 6.04. The van der Waals surface area contributed by atoms with Crippen molar-refractivity contribution in [1.29, 1.82) is 0 Å². The Bertz CT molecular complexity index is 491. The van der Waals surface area contributed by atoms with E-state index in [4.69, 9.17) is 16.3 Å². The molecular formula is C16H20ClNO2. The quantitative estimate of drug-likeness (QED) is 0.802. The Morgan fingerprint density at radius 2 is 2.20 bits per heavy atom. The molecule has 0 bridgehead atoms. The summed E-state index contributed by atoms with van der Waals surface area (Å²) in [4.78, 5) is 14.8. The Balaban J connectivity index is 1.73. The van der Waals surface area contributed by atoms with Gasteiger partial charge in [0.05, 0.1) is 12.5 Å². The maximum absolute atomic E-state index is 12.8. The Kier molecular flexibility index (Phi) is 4.16. The fourth-order valence-electron chi connectivity index (χ4n) is 3.24. The minimum atomic E-state index is -0.0327. The van der Waals surface area contributed by atoms with Crippen LogP contribution < -0.4 is 4.74 Å². The number of rotatable bonds is 3. The molecule has 1 saturated heterocycles. The summed E-state index contributed by atoms with van der Waals surface area (Å²) in [5, 5.41) is 0. The number of halogens is 1. The van der Waals surface area contributed by atoms with Crippen LogP contribution in [-0.2, 0) is 4.79 Å². The van der Waals surface area contributed by atoms with Gasteiger partial charge in [-0.3, -0.25) is 4.79 Å². The second-order valence-electron chi connectivity index (χ2n) is 5.64. The number of likely N-dealkylation sites (tertiary alicyclic amines) is 1. The van der Waals surface area contributed by atoms with Gasteiger partial charge < -0.3 is 9.64 Å². The molecule has 3 rings (SSSR count). The molecule has 2 unspecified atom stereocenters. The van der Waals surface area contributed by atoms with Crippen molar-refractivity contribution in [2.75, 3.05) is 25.6 Å². The standard InChI is InChI=1S/C16H20ClNO2/c17-8-5-12-6-9-18(11-12)16(19)14-7-10-20-15-4-2-1-3-13(14)15/h1-4,12,14H,5-11H2. The van der Waals surface area contributed by atoms with Gasteiger partial charge in [-0.05, 0) is 31.2 Å². The van der Waals surface area contributed by atoms with Gasteiger partial charge in [0.1, 0.15) is 5.75 Å². The van der Waals surface area contributed by atoms with E-state index in [9.17, 15) is 4.79 Å². The number of alkyl halides is 1. The lowest BCUT2D eigenvalue weighted by Crippen LogP contribution is -2.35. The smallest absolute Gasteiger partial charge is 0.230 e. The Hall–Kier alpha value is -1.22. The molecule has 3 nitrogen and oxygen atoms in total. The number of carbonyl (C=O) groups excluding carboxylic acids is 1. The molecule has 1 amide bonds. The lowest BCUT2D eigenvalue weighted by atomic mass is 9.92. The predicted molar refractivity (Wildman–Crippen MR) is 79.3 cm³/mol. The highest BCUT2D eigenvalue weighted by Gasteiger charge is 2.34. The fourth-order valence-corrected chi connectivity index (χ4v) is 3.55. The highest BCUT2D eigenvalue weighted by molar-refractivity contribution is 6.17. The van der Waals surface area contributed by atoms with Crippen molar-refractivity contribution in [3.05, 3.63) is 29.8 Å². The van der Waals surface area contributed by atoms with Crippen molar-refractivity contribution in [1.82, 2.24) is 4.90 Å². The summed E-state index contributed by atoms with van der Waals surface area (Å²) in [7, 11) is 0. The highest BCUT2D eigenvalue weighted by Crippen LogP contribution is 2.35. The molecule has 0 saturated carbocycles. The highest BCUT2D eigenvalue weighted by atomic mass is 35.5. The topological polar surface area (TPSA) is 29.5 Å². The van der Waals surface area contributed by atoms with Gasteiger partial charge in [0.2, 0.25) is 5.91 Å². The van der Waals surface area contributed by atoms with E-state index in [1.807, 2.05) is 29.2 Å². The molecule has 2 heterocycles. The number of nitrogens with zero attached hydrogens (tertiary/aromatic N) is 1. The van der Waals surface area contributed by atoms with E-state index in [2.05, 4.69) is 0 Å². The van der Waals surface area contributed by atoms with Crippen LogP contribution in [0, 0.1) is 5.92 Å². The van der Waals surface area contributed by atoms with E-state index in [0.29, 0.717) is 18.4 Å². The van der Waals surface area contributed by atoms with Gasteiger partial charge in [0.25, 0.3) is 0 Å². The van der Waals surface area contributed by atoms with E-state index >= 15 is 0 Å². The van der Waals surface area contributed by atoms with Crippen molar-refractivity contribution >= 4 is 17.5 Å². The van der Waals surface area contributed by atoms with Crippen LogP contribution >= 0.6 is 11.6 Å². The summed E-state index contributed by atoms with van der Waals surface area (Å²) in [5.41, 5.74) is 1.05. The predicted octanol–water partition coefficient (Wildman–Crippen LogP) is 3.03. The molecule has 2 aliphatic heterocycles. The summed E-state index contributed by atoms with van der Waals surface area (Å²) in [5.74, 6) is 2.36. The van der Waals surface area contributed by atoms with Crippen molar-refractivity contribution in [2.24, 2.45) is 5.92 Å². The number of para-hydroxylation sites is 1. The molecule has 1 aromatic carbocycles. The van der Waals surface area contributed by atoms with Crippen LogP contribution in [-0.4, -0.2) is 36.4 Å². The number of ether oxygens (including phenoxy) is 1. The average molecular weight is 294 g/mol. The lowest BCUT2D eigenvalue weighted by molar-refractivity contribution is -0.132. The third-order valence-corrected chi connectivity index (χ3v) is 4.59. The maximum Gasteiger partial charge on any atom is 0.230 e.